The summed E-state index contributed by atoms with van der Waals surface area (Å²) in [5, 5.41) is 6.15. The summed E-state index contributed by atoms with van der Waals surface area (Å²) in [6, 6.07) is 25.1. The molecule has 2 N–H and O–H groups in total. The highest BCUT2D eigenvalue weighted by Crippen LogP contribution is 2.37. The minimum absolute atomic E-state index is 0.0890. The molecule has 4 rings (SSSR count). The third kappa shape index (κ3) is 7.61. The van der Waals surface area contributed by atoms with Crippen molar-refractivity contribution >= 4 is 40.9 Å². The Balaban J connectivity index is 1.51. The molecule has 0 bridgehead atoms. The van der Waals surface area contributed by atoms with Crippen LogP contribution >= 0.6 is 11.8 Å². The molecule has 208 valence electrons. The van der Waals surface area contributed by atoms with Crippen LogP contribution in [0, 0.1) is 0 Å². The lowest BCUT2D eigenvalue weighted by molar-refractivity contribution is -0.137. The predicted octanol–water partition coefficient (Wildman–Crippen LogP) is 6.20. The van der Waals surface area contributed by atoms with Gasteiger partial charge in [-0.05, 0) is 60.2 Å². The van der Waals surface area contributed by atoms with Crippen molar-refractivity contribution in [2.24, 2.45) is 0 Å². The number of carbonyl (C=O) groups is 3. The Labute approximate surface area is 240 Å². The predicted molar refractivity (Wildman–Crippen MR) is 160 cm³/mol. The Morgan fingerprint density at radius 3 is 2.38 bits per heavy atom. The molecule has 7 nitrogen and oxygen atoms in total. The van der Waals surface area contributed by atoms with Gasteiger partial charge < -0.3 is 15.4 Å². The Bertz CT molecular complexity index is 1370. The highest BCUT2D eigenvalue weighted by Gasteiger charge is 2.38. The van der Waals surface area contributed by atoms with Crippen LogP contribution < -0.4 is 10.6 Å². The maximum absolute atomic E-state index is 13.4. The number of carbonyl (C=O) groups excluding carboxylic acids is 3. The third-order valence-corrected chi connectivity index (χ3v) is 7.60. The van der Waals surface area contributed by atoms with Gasteiger partial charge in [0.15, 0.2) is 0 Å². The molecule has 3 amide bonds. The number of nitrogens with zero attached hydrogens (tertiary/aromatic N) is 1. The summed E-state index contributed by atoms with van der Waals surface area (Å²) in [5.41, 5.74) is 3.91. The molecule has 0 fully saturated rings. The van der Waals surface area contributed by atoms with E-state index >= 15 is 0 Å². The highest BCUT2D eigenvalue weighted by molar-refractivity contribution is 8.04. The molecule has 0 aromatic heterocycles. The summed E-state index contributed by atoms with van der Waals surface area (Å²) < 4.78 is 5.12. The fraction of sp³-hybridized carbons (Fsp3) is 0.281. The summed E-state index contributed by atoms with van der Waals surface area (Å²) in [6.45, 7) is 4.96. The summed E-state index contributed by atoms with van der Waals surface area (Å²) >= 11 is 1.22. The lowest BCUT2D eigenvalue weighted by Crippen LogP contribution is -2.33. The van der Waals surface area contributed by atoms with Crippen molar-refractivity contribution in [2.75, 3.05) is 30.9 Å². The number of benzene rings is 3. The van der Waals surface area contributed by atoms with Crippen molar-refractivity contribution in [3.05, 3.63) is 101 Å². The Morgan fingerprint density at radius 2 is 1.68 bits per heavy atom. The van der Waals surface area contributed by atoms with Crippen LogP contribution in [0.1, 0.15) is 43.7 Å². The van der Waals surface area contributed by atoms with E-state index in [9.17, 15) is 14.4 Å². The lowest BCUT2D eigenvalue weighted by Gasteiger charge is -2.15. The zero-order chi connectivity index (χ0) is 28.5. The first-order valence-electron chi connectivity index (χ1n) is 13.4. The fourth-order valence-electron chi connectivity index (χ4n) is 4.31. The second-order valence-electron chi connectivity index (χ2n) is 9.88. The number of thioether (sulfide) groups is 1. The summed E-state index contributed by atoms with van der Waals surface area (Å²) in [6.07, 6.45) is 1.56. The van der Waals surface area contributed by atoms with E-state index in [1.54, 1.807) is 7.11 Å². The SMILES string of the molecule is COCCCN1C(=O)C(Nc2ccc(C(C)C)cc2)=C(Sc2cccc(NC(=O)CCc3ccccc3)c2)C1=O. The van der Waals surface area contributed by atoms with Crippen molar-refractivity contribution in [3.8, 4) is 0 Å². The number of hydrogen-bond donors (Lipinski definition) is 2. The monoisotopic (exact) mass is 557 g/mol. The second kappa shape index (κ2) is 14.0. The van der Waals surface area contributed by atoms with Crippen LogP contribution in [0.5, 0.6) is 0 Å². The molecular formula is C32H35N3O4S. The van der Waals surface area contributed by atoms with Crippen LogP contribution in [-0.2, 0) is 25.5 Å². The molecule has 1 aliphatic rings. The summed E-state index contributed by atoms with van der Waals surface area (Å²) in [4.78, 5) is 41.7. The van der Waals surface area contributed by atoms with Gasteiger partial charge in [-0.3, -0.25) is 19.3 Å². The molecule has 0 unspecified atom stereocenters. The molecule has 0 atom stereocenters. The number of ether oxygens (including phenoxy) is 1. The maximum Gasteiger partial charge on any atom is 0.278 e. The zero-order valence-corrected chi connectivity index (χ0v) is 23.9. The fourth-order valence-corrected chi connectivity index (χ4v) is 5.31. The number of anilines is 2. The average molecular weight is 558 g/mol. The topological polar surface area (TPSA) is 87.7 Å². The third-order valence-electron chi connectivity index (χ3n) is 6.52. The van der Waals surface area contributed by atoms with Gasteiger partial charge in [-0.1, -0.05) is 74.1 Å². The summed E-state index contributed by atoms with van der Waals surface area (Å²) in [7, 11) is 1.59. The van der Waals surface area contributed by atoms with E-state index in [0.29, 0.717) is 42.4 Å². The minimum Gasteiger partial charge on any atom is -0.385 e. The maximum atomic E-state index is 13.4. The number of methoxy groups -OCH3 is 1. The number of nitrogens with one attached hydrogen (secondary N) is 2. The molecule has 0 saturated heterocycles. The number of imide groups is 1. The molecule has 0 radical (unpaired) electrons. The van der Waals surface area contributed by atoms with E-state index in [2.05, 4.69) is 24.5 Å². The second-order valence-corrected chi connectivity index (χ2v) is 11.0. The van der Waals surface area contributed by atoms with Gasteiger partial charge in [0.25, 0.3) is 11.8 Å². The van der Waals surface area contributed by atoms with E-state index in [0.717, 1.165) is 16.1 Å². The smallest absolute Gasteiger partial charge is 0.278 e. The molecule has 1 heterocycles. The quantitative estimate of drug-likeness (QED) is 0.192. The van der Waals surface area contributed by atoms with Gasteiger partial charge in [0.2, 0.25) is 5.91 Å². The first kappa shape index (κ1) is 29.1. The molecule has 8 heteroatoms. The van der Waals surface area contributed by atoms with Gasteiger partial charge in [-0.15, -0.1) is 0 Å². The van der Waals surface area contributed by atoms with Crippen molar-refractivity contribution in [2.45, 2.75) is 43.9 Å². The molecule has 1 aliphatic heterocycles. The molecule has 40 heavy (non-hydrogen) atoms. The van der Waals surface area contributed by atoms with Crippen LogP contribution in [0.3, 0.4) is 0 Å². The van der Waals surface area contributed by atoms with E-state index in [1.165, 1.54) is 22.2 Å². The minimum atomic E-state index is -0.359. The molecule has 3 aromatic rings. The lowest BCUT2D eigenvalue weighted by atomic mass is 10.0. The van der Waals surface area contributed by atoms with E-state index in [-0.39, 0.29) is 30.0 Å². The largest absolute Gasteiger partial charge is 0.385 e. The van der Waals surface area contributed by atoms with Gasteiger partial charge in [0.1, 0.15) is 10.6 Å². The standard InChI is InChI=1S/C32H35N3O4S/c1-22(2)24-14-16-25(17-15-24)34-29-30(32(38)35(31(29)37)19-8-20-39-3)40-27-12-7-11-26(21-27)33-28(36)18-13-23-9-5-4-6-10-23/h4-7,9-12,14-17,21-22,34H,8,13,18-20H2,1-3H3,(H,33,36). The van der Waals surface area contributed by atoms with Gasteiger partial charge in [0.05, 0.1) is 0 Å². The number of aryl methyl sites for hydroxylation is 1. The Kier molecular flexibility index (Phi) is 10.2. The van der Waals surface area contributed by atoms with E-state index in [4.69, 9.17) is 4.74 Å². The van der Waals surface area contributed by atoms with Gasteiger partial charge in [0, 0.05) is 43.0 Å². The van der Waals surface area contributed by atoms with E-state index in [1.807, 2.05) is 78.9 Å². The summed E-state index contributed by atoms with van der Waals surface area (Å²) in [5.74, 6) is -0.406. The molecule has 0 spiro atoms. The zero-order valence-electron chi connectivity index (χ0n) is 23.1. The number of hydrogen-bond acceptors (Lipinski definition) is 6. The van der Waals surface area contributed by atoms with Gasteiger partial charge >= 0.3 is 0 Å². The van der Waals surface area contributed by atoms with Crippen LogP contribution in [-0.4, -0.2) is 42.9 Å². The van der Waals surface area contributed by atoms with E-state index < -0.39 is 0 Å². The van der Waals surface area contributed by atoms with Gasteiger partial charge in [-0.2, -0.15) is 0 Å². The molecule has 3 aromatic carbocycles. The van der Waals surface area contributed by atoms with Crippen LogP contribution in [0.2, 0.25) is 0 Å². The first-order valence-corrected chi connectivity index (χ1v) is 14.3. The number of rotatable bonds is 13. The van der Waals surface area contributed by atoms with Crippen molar-refractivity contribution < 1.29 is 19.1 Å². The first-order chi connectivity index (χ1) is 19.4. The molecule has 0 saturated carbocycles. The van der Waals surface area contributed by atoms with Crippen molar-refractivity contribution in [1.82, 2.24) is 4.90 Å². The molecule has 0 aliphatic carbocycles. The molecular weight excluding hydrogens is 522 g/mol. The van der Waals surface area contributed by atoms with Crippen molar-refractivity contribution in [1.29, 1.82) is 0 Å². The van der Waals surface area contributed by atoms with Crippen LogP contribution in [0.25, 0.3) is 0 Å². The Hall–Kier alpha value is -3.88. The Morgan fingerprint density at radius 1 is 0.925 bits per heavy atom. The highest BCUT2D eigenvalue weighted by atomic mass is 32.2. The average Bonchev–Trinajstić information content (AvgIpc) is 3.17. The number of amides is 3. The van der Waals surface area contributed by atoms with Gasteiger partial charge in [-0.25, -0.2) is 0 Å². The van der Waals surface area contributed by atoms with Crippen LogP contribution in [0.4, 0.5) is 11.4 Å². The normalized spacial score (nSPS) is 13.3. The van der Waals surface area contributed by atoms with Crippen LogP contribution in [0.15, 0.2) is 94.4 Å². The van der Waals surface area contributed by atoms with Crippen molar-refractivity contribution in [3.63, 3.8) is 0 Å².